The van der Waals surface area contributed by atoms with Crippen LogP contribution in [0.25, 0.3) is 0 Å². The molecule has 1 heterocycles. The van der Waals surface area contributed by atoms with E-state index >= 15 is 0 Å². The van der Waals surface area contributed by atoms with Gasteiger partial charge >= 0.3 is 6.01 Å². The van der Waals surface area contributed by atoms with Crippen LogP contribution in [0.2, 0.25) is 0 Å². The standard InChI is InChI=1S/C12H12N2O/c1-9-6-10(2)8-11(7-9)15-12-13-4-3-5-14-12/h3-8H,1-2H3. The van der Waals surface area contributed by atoms with Crippen molar-refractivity contribution in [1.82, 2.24) is 9.97 Å². The van der Waals surface area contributed by atoms with E-state index in [1.54, 1.807) is 18.5 Å². The van der Waals surface area contributed by atoms with Gasteiger partial charge in [0, 0.05) is 12.4 Å². The average Bonchev–Trinajstić information content (AvgIpc) is 2.17. The van der Waals surface area contributed by atoms with Crippen LogP contribution >= 0.6 is 0 Å². The van der Waals surface area contributed by atoms with E-state index in [4.69, 9.17) is 4.74 Å². The molecule has 0 unspecified atom stereocenters. The fraction of sp³-hybridized carbons (Fsp3) is 0.167. The molecule has 3 heteroatoms. The van der Waals surface area contributed by atoms with Crippen LogP contribution in [0.3, 0.4) is 0 Å². The highest BCUT2D eigenvalue weighted by Crippen LogP contribution is 2.20. The molecular weight excluding hydrogens is 188 g/mol. The van der Waals surface area contributed by atoms with Gasteiger partial charge in [0.15, 0.2) is 0 Å². The molecule has 15 heavy (non-hydrogen) atoms. The number of hydrogen-bond acceptors (Lipinski definition) is 3. The minimum absolute atomic E-state index is 0.377. The number of hydrogen-bond donors (Lipinski definition) is 0. The molecule has 0 bridgehead atoms. The van der Waals surface area contributed by atoms with Crippen LogP contribution in [0.15, 0.2) is 36.7 Å². The Kier molecular flexibility index (Phi) is 2.63. The normalized spacial score (nSPS) is 10.0. The SMILES string of the molecule is Cc1cc(C)cc(Oc2ncccn2)c1. The number of benzene rings is 1. The van der Waals surface area contributed by atoms with Gasteiger partial charge in [-0.3, -0.25) is 0 Å². The highest BCUT2D eigenvalue weighted by molar-refractivity contribution is 5.34. The third-order valence-electron chi connectivity index (χ3n) is 1.95. The van der Waals surface area contributed by atoms with E-state index in [9.17, 15) is 0 Å². The maximum absolute atomic E-state index is 5.52. The molecule has 76 valence electrons. The third-order valence-corrected chi connectivity index (χ3v) is 1.95. The van der Waals surface area contributed by atoms with E-state index in [0.29, 0.717) is 6.01 Å². The summed E-state index contributed by atoms with van der Waals surface area (Å²) in [5.41, 5.74) is 2.34. The average molecular weight is 200 g/mol. The van der Waals surface area contributed by atoms with Crippen molar-refractivity contribution < 1.29 is 4.74 Å². The molecule has 0 spiro atoms. The topological polar surface area (TPSA) is 35.0 Å². The third kappa shape index (κ3) is 2.53. The summed E-state index contributed by atoms with van der Waals surface area (Å²) in [5.74, 6) is 0.777. The molecule has 0 aliphatic rings. The minimum atomic E-state index is 0.377. The van der Waals surface area contributed by atoms with Gasteiger partial charge < -0.3 is 4.74 Å². The van der Waals surface area contributed by atoms with Crippen molar-refractivity contribution in [2.75, 3.05) is 0 Å². The van der Waals surface area contributed by atoms with Crippen molar-refractivity contribution in [3.63, 3.8) is 0 Å². The fourth-order valence-corrected chi connectivity index (χ4v) is 1.44. The van der Waals surface area contributed by atoms with E-state index in [1.807, 2.05) is 26.0 Å². The number of aryl methyl sites for hydroxylation is 2. The van der Waals surface area contributed by atoms with E-state index in [2.05, 4.69) is 16.0 Å². The zero-order chi connectivity index (χ0) is 10.7. The van der Waals surface area contributed by atoms with Crippen LogP contribution < -0.4 is 4.74 Å². The van der Waals surface area contributed by atoms with Gasteiger partial charge in [0.05, 0.1) is 0 Å². The van der Waals surface area contributed by atoms with Crippen molar-refractivity contribution >= 4 is 0 Å². The molecule has 1 aromatic heterocycles. The molecule has 3 nitrogen and oxygen atoms in total. The first kappa shape index (κ1) is 9.65. The zero-order valence-electron chi connectivity index (χ0n) is 8.77. The molecule has 0 N–H and O–H groups in total. The van der Waals surface area contributed by atoms with Gasteiger partial charge in [-0.2, -0.15) is 0 Å². The Morgan fingerprint density at radius 1 is 0.933 bits per heavy atom. The summed E-state index contributed by atoms with van der Waals surface area (Å²) in [7, 11) is 0. The number of ether oxygens (including phenoxy) is 1. The Morgan fingerprint density at radius 3 is 2.13 bits per heavy atom. The van der Waals surface area contributed by atoms with Crippen LogP contribution in [0.4, 0.5) is 0 Å². The van der Waals surface area contributed by atoms with Gasteiger partial charge in [0.2, 0.25) is 0 Å². The summed E-state index contributed by atoms with van der Waals surface area (Å²) >= 11 is 0. The fourth-order valence-electron chi connectivity index (χ4n) is 1.44. The zero-order valence-corrected chi connectivity index (χ0v) is 8.77. The van der Waals surface area contributed by atoms with Crippen LogP contribution in [0.1, 0.15) is 11.1 Å². The summed E-state index contributed by atoms with van der Waals surface area (Å²) in [6.07, 6.45) is 3.32. The van der Waals surface area contributed by atoms with Crippen LogP contribution in [-0.2, 0) is 0 Å². The Bertz CT molecular complexity index is 434. The lowest BCUT2D eigenvalue weighted by molar-refractivity contribution is 0.441. The van der Waals surface area contributed by atoms with Gasteiger partial charge in [-0.25, -0.2) is 9.97 Å². The molecule has 0 radical (unpaired) electrons. The lowest BCUT2D eigenvalue weighted by Crippen LogP contribution is -1.91. The summed E-state index contributed by atoms with van der Waals surface area (Å²) in [5, 5.41) is 0. The van der Waals surface area contributed by atoms with Gasteiger partial charge in [-0.05, 0) is 43.2 Å². The molecule has 0 saturated carbocycles. The number of rotatable bonds is 2. The molecule has 0 aliphatic heterocycles. The second-order valence-electron chi connectivity index (χ2n) is 3.46. The van der Waals surface area contributed by atoms with Gasteiger partial charge in [0.1, 0.15) is 5.75 Å². The van der Waals surface area contributed by atoms with E-state index in [0.717, 1.165) is 5.75 Å². The second-order valence-corrected chi connectivity index (χ2v) is 3.46. The monoisotopic (exact) mass is 200 g/mol. The van der Waals surface area contributed by atoms with Crippen molar-refractivity contribution in [3.05, 3.63) is 47.8 Å². The predicted octanol–water partition coefficient (Wildman–Crippen LogP) is 2.89. The van der Waals surface area contributed by atoms with Crippen molar-refractivity contribution in [3.8, 4) is 11.8 Å². The summed E-state index contributed by atoms with van der Waals surface area (Å²) in [6.45, 7) is 4.07. The van der Waals surface area contributed by atoms with E-state index < -0.39 is 0 Å². The van der Waals surface area contributed by atoms with Crippen LogP contribution in [0.5, 0.6) is 11.8 Å². The number of nitrogens with zero attached hydrogens (tertiary/aromatic N) is 2. The molecule has 2 aromatic rings. The smallest absolute Gasteiger partial charge is 0.321 e. The van der Waals surface area contributed by atoms with Gasteiger partial charge in [-0.15, -0.1) is 0 Å². The number of aromatic nitrogens is 2. The van der Waals surface area contributed by atoms with Crippen molar-refractivity contribution in [2.45, 2.75) is 13.8 Å². The molecule has 1 aromatic carbocycles. The minimum Gasteiger partial charge on any atom is -0.424 e. The quantitative estimate of drug-likeness (QED) is 0.747. The molecule has 0 atom stereocenters. The van der Waals surface area contributed by atoms with Crippen molar-refractivity contribution in [1.29, 1.82) is 0 Å². The van der Waals surface area contributed by atoms with Gasteiger partial charge in [0.25, 0.3) is 0 Å². The summed E-state index contributed by atoms with van der Waals surface area (Å²) in [4.78, 5) is 8.00. The molecule has 2 rings (SSSR count). The largest absolute Gasteiger partial charge is 0.424 e. The molecule has 0 amide bonds. The first-order chi connectivity index (χ1) is 7.24. The Labute approximate surface area is 88.8 Å². The maximum atomic E-state index is 5.52. The predicted molar refractivity (Wildman–Crippen MR) is 58.0 cm³/mol. The lowest BCUT2D eigenvalue weighted by atomic mass is 10.1. The van der Waals surface area contributed by atoms with E-state index in [1.165, 1.54) is 11.1 Å². The first-order valence-corrected chi connectivity index (χ1v) is 4.77. The Balaban J connectivity index is 2.25. The van der Waals surface area contributed by atoms with Crippen LogP contribution in [-0.4, -0.2) is 9.97 Å². The summed E-state index contributed by atoms with van der Waals surface area (Å²) < 4.78 is 5.52. The highest BCUT2D eigenvalue weighted by atomic mass is 16.5. The molecular formula is C12H12N2O. The molecule has 0 fully saturated rings. The van der Waals surface area contributed by atoms with Crippen LogP contribution in [0, 0.1) is 13.8 Å². The molecule has 0 saturated heterocycles. The van der Waals surface area contributed by atoms with E-state index in [-0.39, 0.29) is 0 Å². The highest BCUT2D eigenvalue weighted by Gasteiger charge is 2.00. The Hall–Kier alpha value is -1.90. The lowest BCUT2D eigenvalue weighted by Gasteiger charge is -2.05. The Morgan fingerprint density at radius 2 is 1.53 bits per heavy atom. The second kappa shape index (κ2) is 4.09. The maximum Gasteiger partial charge on any atom is 0.321 e. The van der Waals surface area contributed by atoms with Gasteiger partial charge in [-0.1, -0.05) is 6.07 Å². The summed E-state index contributed by atoms with van der Waals surface area (Å²) in [6, 6.07) is 8.15. The molecule has 0 aliphatic carbocycles. The van der Waals surface area contributed by atoms with Crippen molar-refractivity contribution in [2.24, 2.45) is 0 Å². The first-order valence-electron chi connectivity index (χ1n) is 4.77.